The number of nitrogens with zero attached hydrogens (tertiary/aromatic N) is 3. The number of amides is 1. The van der Waals surface area contributed by atoms with Crippen molar-refractivity contribution in [2.75, 3.05) is 11.6 Å². The van der Waals surface area contributed by atoms with E-state index in [1.165, 1.54) is 0 Å². The van der Waals surface area contributed by atoms with Gasteiger partial charge in [0.05, 0.1) is 17.5 Å². The van der Waals surface area contributed by atoms with Gasteiger partial charge in [0.2, 0.25) is 0 Å². The average Bonchev–Trinajstić information content (AvgIpc) is 3.00. The molecule has 0 fully saturated rings. The molecule has 7 heteroatoms. The van der Waals surface area contributed by atoms with E-state index in [0.29, 0.717) is 28.5 Å². The fraction of sp³-hybridized carbons (Fsp3) is 0.211. The van der Waals surface area contributed by atoms with E-state index in [-0.39, 0.29) is 5.91 Å². The quantitative estimate of drug-likeness (QED) is 0.751. The number of benzene rings is 1. The van der Waals surface area contributed by atoms with Crippen LogP contribution in [0.15, 0.2) is 48.8 Å². The van der Waals surface area contributed by atoms with Gasteiger partial charge in [0, 0.05) is 34.7 Å². The predicted octanol–water partition coefficient (Wildman–Crippen LogP) is 3.01. The van der Waals surface area contributed by atoms with Gasteiger partial charge in [-0.05, 0) is 43.2 Å². The van der Waals surface area contributed by atoms with Crippen molar-refractivity contribution in [3.05, 3.63) is 71.2 Å². The third-order valence-corrected chi connectivity index (χ3v) is 4.89. The summed E-state index contributed by atoms with van der Waals surface area (Å²) in [7, 11) is -0.938. The molecule has 6 nitrogen and oxygen atoms in total. The molecular weight excluding hydrogens is 348 g/mol. The van der Waals surface area contributed by atoms with Gasteiger partial charge >= 0.3 is 0 Å². The maximum absolute atomic E-state index is 12.7. The van der Waals surface area contributed by atoms with E-state index in [0.717, 1.165) is 11.1 Å². The molecule has 1 atom stereocenters. The van der Waals surface area contributed by atoms with Crippen LogP contribution in [0.5, 0.6) is 0 Å². The lowest BCUT2D eigenvalue weighted by molar-refractivity contribution is 0.102. The number of nitrogens with one attached hydrogen (secondary N) is 1. The van der Waals surface area contributed by atoms with Crippen LogP contribution in [0.4, 0.5) is 5.69 Å². The zero-order chi connectivity index (χ0) is 18.7. The zero-order valence-electron chi connectivity index (χ0n) is 14.9. The van der Waals surface area contributed by atoms with Crippen LogP contribution in [-0.2, 0) is 16.6 Å². The standard InChI is InChI=1S/C19H20N4O2S/c1-13-15(12-26(3)25)7-6-8-17(13)22-19(24)16-11-21-23(14(16)2)18-9-4-5-10-20-18/h4-11H,12H2,1-3H3,(H,22,24). The first kappa shape index (κ1) is 18.0. The minimum atomic E-state index is -0.938. The number of carbonyl (C=O) groups excluding carboxylic acids is 1. The fourth-order valence-corrected chi connectivity index (χ4v) is 3.48. The molecule has 2 aromatic heterocycles. The highest BCUT2D eigenvalue weighted by Gasteiger charge is 2.17. The molecule has 3 rings (SSSR count). The van der Waals surface area contributed by atoms with Crippen LogP contribution in [0, 0.1) is 13.8 Å². The second-order valence-electron chi connectivity index (χ2n) is 6.00. The third kappa shape index (κ3) is 3.72. The minimum Gasteiger partial charge on any atom is -0.322 e. The summed E-state index contributed by atoms with van der Waals surface area (Å²) >= 11 is 0. The Labute approximate surface area is 154 Å². The molecule has 0 spiro atoms. The van der Waals surface area contributed by atoms with E-state index in [1.807, 2.05) is 50.2 Å². The Morgan fingerprint density at radius 3 is 2.69 bits per heavy atom. The van der Waals surface area contributed by atoms with Gasteiger partial charge in [-0.15, -0.1) is 0 Å². The van der Waals surface area contributed by atoms with Crippen molar-refractivity contribution in [3.63, 3.8) is 0 Å². The number of hydrogen-bond acceptors (Lipinski definition) is 4. The van der Waals surface area contributed by atoms with Crippen LogP contribution in [0.2, 0.25) is 0 Å². The van der Waals surface area contributed by atoms with Crippen LogP contribution in [-0.4, -0.2) is 31.1 Å². The van der Waals surface area contributed by atoms with Crippen molar-refractivity contribution in [2.45, 2.75) is 19.6 Å². The number of anilines is 1. The highest BCUT2D eigenvalue weighted by Crippen LogP contribution is 2.22. The number of aromatic nitrogens is 3. The molecule has 1 N–H and O–H groups in total. The summed E-state index contributed by atoms with van der Waals surface area (Å²) in [5, 5.41) is 7.22. The Morgan fingerprint density at radius 2 is 2.00 bits per heavy atom. The third-order valence-electron chi connectivity index (χ3n) is 4.17. The van der Waals surface area contributed by atoms with Gasteiger partial charge in [-0.3, -0.25) is 9.00 Å². The molecule has 0 aliphatic rings. The van der Waals surface area contributed by atoms with Gasteiger partial charge in [0.15, 0.2) is 5.82 Å². The van der Waals surface area contributed by atoms with E-state index >= 15 is 0 Å². The van der Waals surface area contributed by atoms with Crippen LogP contribution in [0.1, 0.15) is 27.2 Å². The molecule has 134 valence electrons. The molecule has 0 bridgehead atoms. The van der Waals surface area contributed by atoms with Crippen molar-refractivity contribution in [1.29, 1.82) is 0 Å². The summed E-state index contributed by atoms with van der Waals surface area (Å²) in [6.07, 6.45) is 4.89. The van der Waals surface area contributed by atoms with Crippen LogP contribution in [0.3, 0.4) is 0 Å². The van der Waals surface area contributed by atoms with E-state index < -0.39 is 10.8 Å². The first-order valence-corrected chi connectivity index (χ1v) is 9.86. The summed E-state index contributed by atoms with van der Waals surface area (Å²) in [4.78, 5) is 17.0. The minimum absolute atomic E-state index is 0.234. The first-order chi connectivity index (χ1) is 12.5. The number of carbonyl (C=O) groups is 1. The fourth-order valence-electron chi connectivity index (χ4n) is 2.73. The molecule has 0 radical (unpaired) electrons. The van der Waals surface area contributed by atoms with Crippen molar-refractivity contribution in [2.24, 2.45) is 0 Å². The normalized spacial score (nSPS) is 12.0. The molecule has 0 saturated carbocycles. The lowest BCUT2D eigenvalue weighted by Gasteiger charge is -2.12. The molecule has 2 heterocycles. The summed E-state index contributed by atoms with van der Waals surface area (Å²) < 4.78 is 13.1. The number of rotatable bonds is 5. The van der Waals surface area contributed by atoms with Crippen LogP contribution in [0.25, 0.3) is 5.82 Å². The van der Waals surface area contributed by atoms with Gasteiger partial charge in [-0.2, -0.15) is 5.10 Å². The van der Waals surface area contributed by atoms with Crippen molar-refractivity contribution < 1.29 is 9.00 Å². The smallest absolute Gasteiger partial charge is 0.259 e. The van der Waals surface area contributed by atoms with Gasteiger partial charge in [-0.25, -0.2) is 9.67 Å². The molecule has 1 amide bonds. The van der Waals surface area contributed by atoms with E-state index in [4.69, 9.17) is 0 Å². The molecule has 3 aromatic rings. The monoisotopic (exact) mass is 368 g/mol. The maximum atomic E-state index is 12.7. The number of hydrogen-bond donors (Lipinski definition) is 1. The Balaban J connectivity index is 1.86. The summed E-state index contributed by atoms with van der Waals surface area (Å²) in [6.45, 7) is 3.75. The molecule has 1 aromatic carbocycles. The SMILES string of the molecule is Cc1c(CS(C)=O)cccc1NC(=O)c1cnn(-c2ccccn2)c1C. The Bertz CT molecular complexity index is 967. The molecule has 0 aliphatic carbocycles. The molecule has 1 unspecified atom stereocenters. The van der Waals surface area contributed by atoms with Crippen molar-refractivity contribution in [1.82, 2.24) is 14.8 Å². The van der Waals surface area contributed by atoms with Crippen molar-refractivity contribution >= 4 is 22.4 Å². The maximum Gasteiger partial charge on any atom is 0.259 e. The Hall–Kier alpha value is -2.80. The van der Waals surface area contributed by atoms with Crippen LogP contribution < -0.4 is 5.32 Å². The molecular formula is C19H20N4O2S. The number of pyridine rings is 1. The molecule has 26 heavy (non-hydrogen) atoms. The van der Waals surface area contributed by atoms with Gasteiger partial charge in [-0.1, -0.05) is 18.2 Å². The summed E-state index contributed by atoms with van der Waals surface area (Å²) in [5.41, 5.74) is 3.79. The van der Waals surface area contributed by atoms with Gasteiger partial charge in [0.25, 0.3) is 5.91 Å². The lowest BCUT2D eigenvalue weighted by Crippen LogP contribution is -2.14. The Kier molecular flexibility index (Phi) is 5.27. The summed E-state index contributed by atoms with van der Waals surface area (Å²) in [6, 6.07) is 11.2. The highest BCUT2D eigenvalue weighted by atomic mass is 32.2. The zero-order valence-corrected chi connectivity index (χ0v) is 15.7. The predicted molar refractivity (Wildman–Crippen MR) is 103 cm³/mol. The van der Waals surface area contributed by atoms with Gasteiger partial charge < -0.3 is 5.32 Å². The van der Waals surface area contributed by atoms with Crippen molar-refractivity contribution in [3.8, 4) is 5.82 Å². The van der Waals surface area contributed by atoms with E-state index in [1.54, 1.807) is 23.3 Å². The lowest BCUT2D eigenvalue weighted by atomic mass is 10.1. The largest absolute Gasteiger partial charge is 0.322 e. The molecule has 0 saturated heterocycles. The second kappa shape index (κ2) is 7.61. The van der Waals surface area contributed by atoms with E-state index in [9.17, 15) is 9.00 Å². The second-order valence-corrected chi connectivity index (χ2v) is 7.44. The topological polar surface area (TPSA) is 76.9 Å². The molecule has 0 aliphatic heterocycles. The Morgan fingerprint density at radius 1 is 1.19 bits per heavy atom. The summed E-state index contributed by atoms with van der Waals surface area (Å²) in [5.74, 6) is 0.891. The van der Waals surface area contributed by atoms with Crippen LogP contribution >= 0.6 is 0 Å². The first-order valence-electron chi connectivity index (χ1n) is 8.13. The average molecular weight is 368 g/mol. The van der Waals surface area contributed by atoms with Gasteiger partial charge in [0.1, 0.15) is 0 Å². The highest BCUT2D eigenvalue weighted by molar-refractivity contribution is 7.83. The van der Waals surface area contributed by atoms with E-state index in [2.05, 4.69) is 15.4 Å².